The van der Waals surface area contributed by atoms with Crippen LogP contribution in [-0.2, 0) is 9.53 Å². The van der Waals surface area contributed by atoms with Crippen molar-refractivity contribution in [2.75, 3.05) is 42.3 Å². The summed E-state index contributed by atoms with van der Waals surface area (Å²) >= 11 is 7.57. The molecule has 1 aliphatic heterocycles. The average Bonchev–Trinajstić information content (AvgIpc) is 3.23. The number of hydrogen-bond donors (Lipinski definition) is 1. The molecule has 3 heterocycles. The maximum atomic E-state index is 12.5. The highest BCUT2D eigenvalue weighted by atomic mass is 35.5. The van der Waals surface area contributed by atoms with Crippen LogP contribution in [0.25, 0.3) is 11.5 Å². The number of aromatic nitrogens is 3. The highest BCUT2D eigenvalue weighted by Gasteiger charge is 2.19. The molecule has 4 rings (SSSR count). The van der Waals surface area contributed by atoms with E-state index in [0.717, 1.165) is 24.3 Å². The number of nitrogens with one attached hydrogen (secondary N) is 1. The zero-order chi connectivity index (χ0) is 20.1. The van der Waals surface area contributed by atoms with Crippen molar-refractivity contribution >= 4 is 40.6 Å². The van der Waals surface area contributed by atoms with E-state index in [9.17, 15) is 4.79 Å². The van der Waals surface area contributed by atoms with Gasteiger partial charge in [-0.3, -0.25) is 9.78 Å². The van der Waals surface area contributed by atoms with Gasteiger partial charge in [0.15, 0.2) is 0 Å². The zero-order valence-electron chi connectivity index (χ0n) is 15.4. The van der Waals surface area contributed by atoms with Gasteiger partial charge in [0, 0.05) is 25.5 Å². The molecule has 0 bridgehead atoms. The minimum Gasteiger partial charge on any atom is -0.411 e. The summed E-state index contributed by atoms with van der Waals surface area (Å²) in [4.78, 5) is 18.6. The fourth-order valence-corrected chi connectivity index (χ4v) is 3.77. The Labute approximate surface area is 176 Å². The molecule has 0 aliphatic carbocycles. The number of anilines is 2. The number of halogens is 1. The first kappa shape index (κ1) is 19.7. The molecule has 1 amide bonds. The van der Waals surface area contributed by atoms with Crippen LogP contribution in [0.3, 0.4) is 0 Å². The summed E-state index contributed by atoms with van der Waals surface area (Å²) in [6.07, 6.45) is 3.31. The Morgan fingerprint density at radius 3 is 2.86 bits per heavy atom. The Balaban J connectivity index is 1.39. The normalized spacial score (nSPS) is 14.0. The van der Waals surface area contributed by atoms with Crippen LogP contribution >= 0.6 is 23.4 Å². The van der Waals surface area contributed by atoms with Gasteiger partial charge in [0.05, 0.1) is 40.9 Å². The molecule has 1 saturated heterocycles. The van der Waals surface area contributed by atoms with E-state index in [0.29, 0.717) is 35.0 Å². The van der Waals surface area contributed by atoms with E-state index >= 15 is 0 Å². The molecule has 1 N–H and O–H groups in total. The van der Waals surface area contributed by atoms with Crippen molar-refractivity contribution in [3.8, 4) is 11.5 Å². The van der Waals surface area contributed by atoms with E-state index in [-0.39, 0.29) is 11.7 Å². The maximum Gasteiger partial charge on any atom is 0.277 e. The number of hydrogen-bond acceptors (Lipinski definition) is 8. The molecular weight excluding hydrogens is 414 g/mol. The van der Waals surface area contributed by atoms with Crippen molar-refractivity contribution in [1.82, 2.24) is 15.2 Å². The zero-order valence-corrected chi connectivity index (χ0v) is 16.9. The lowest BCUT2D eigenvalue weighted by molar-refractivity contribution is -0.113. The molecule has 1 fully saturated rings. The molecule has 8 nitrogen and oxygen atoms in total. The standard InChI is InChI=1S/C19H18ClN5O3S/c20-14-4-1-5-15(17(14)25-7-9-27-10-8-25)22-16(26)12-29-19-24-23-18(28-19)13-3-2-6-21-11-13/h1-6,11H,7-10,12H2,(H,22,26). The number of morpholine rings is 1. The number of para-hydroxylation sites is 1. The SMILES string of the molecule is O=C(CSc1nnc(-c2cccnc2)o1)Nc1cccc(Cl)c1N1CCOCC1. The van der Waals surface area contributed by atoms with Crippen molar-refractivity contribution in [1.29, 1.82) is 0 Å². The predicted molar refractivity (Wildman–Crippen MR) is 111 cm³/mol. The maximum absolute atomic E-state index is 12.5. The summed E-state index contributed by atoms with van der Waals surface area (Å²) in [7, 11) is 0. The molecule has 29 heavy (non-hydrogen) atoms. The third kappa shape index (κ3) is 4.87. The van der Waals surface area contributed by atoms with Gasteiger partial charge in [-0.25, -0.2) is 0 Å². The first-order valence-electron chi connectivity index (χ1n) is 8.98. The third-order valence-corrected chi connectivity index (χ3v) is 5.35. The van der Waals surface area contributed by atoms with Crippen LogP contribution in [0, 0.1) is 0 Å². The monoisotopic (exact) mass is 431 g/mol. The fourth-order valence-electron chi connectivity index (χ4n) is 2.91. The number of thioether (sulfide) groups is 1. The van der Waals surface area contributed by atoms with E-state index in [1.807, 2.05) is 24.3 Å². The molecular formula is C19H18ClN5O3S. The molecule has 0 unspecified atom stereocenters. The summed E-state index contributed by atoms with van der Waals surface area (Å²) in [5, 5.41) is 11.8. The van der Waals surface area contributed by atoms with Crippen molar-refractivity contribution in [3.63, 3.8) is 0 Å². The Kier molecular flexibility index (Phi) is 6.28. The van der Waals surface area contributed by atoms with E-state index in [1.165, 1.54) is 11.8 Å². The largest absolute Gasteiger partial charge is 0.411 e. The van der Waals surface area contributed by atoms with Gasteiger partial charge in [-0.2, -0.15) is 0 Å². The average molecular weight is 432 g/mol. The second-order valence-electron chi connectivity index (χ2n) is 6.19. The van der Waals surface area contributed by atoms with Crippen LogP contribution < -0.4 is 10.2 Å². The molecule has 0 spiro atoms. The second-order valence-corrected chi connectivity index (χ2v) is 7.52. The number of amides is 1. The van der Waals surface area contributed by atoms with Crippen LogP contribution in [0.5, 0.6) is 0 Å². The molecule has 0 radical (unpaired) electrons. The van der Waals surface area contributed by atoms with E-state index < -0.39 is 0 Å². The first-order valence-corrected chi connectivity index (χ1v) is 10.3. The molecule has 2 aromatic heterocycles. The fraction of sp³-hybridized carbons (Fsp3) is 0.263. The lowest BCUT2D eigenvalue weighted by Crippen LogP contribution is -2.37. The van der Waals surface area contributed by atoms with Gasteiger partial charge in [-0.1, -0.05) is 29.4 Å². The Morgan fingerprint density at radius 1 is 1.21 bits per heavy atom. The molecule has 1 aliphatic rings. The van der Waals surface area contributed by atoms with Crippen molar-refractivity contribution < 1.29 is 13.9 Å². The number of pyridine rings is 1. The van der Waals surface area contributed by atoms with Gasteiger partial charge in [0.25, 0.3) is 5.22 Å². The molecule has 150 valence electrons. The van der Waals surface area contributed by atoms with Gasteiger partial charge >= 0.3 is 0 Å². The molecule has 1 aromatic carbocycles. The lowest BCUT2D eigenvalue weighted by Gasteiger charge is -2.31. The number of benzene rings is 1. The van der Waals surface area contributed by atoms with Crippen LogP contribution in [0.15, 0.2) is 52.4 Å². The van der Waals surface area contributed by atoms with E-state index in [2.05, 4.69) is 25.4 Å². The summed E-state index contributed by atoms with van der Waals surface area (Å²) in [5.74, 6) is 0.308. The second kappa shape index (κ2) is 9.25. The highest BCUT2D eigenvalue weighted by molar-refractivity contribution is 7.99. The minimum absolute atomic E-state index is 0.129. The summed E-state index contributed by atoms with van der Waals surface area (Å²) in [6, 6.07) is 9.08. The minimum atomic E-state index is -0.187. The highest BCUT2D eigenvalue weighted by Crippen LogP contribution is 2.34. The number of ether oxygens (including phenoxy) is 1. The van der Waals surface area contributed by atoms with Crippen molar-refractivity contribution in [2.24, 2.45) is 0 Å². The van der Waals surface area contributed by atoms with Gasteiger partial charge in [0.2, 0.25) is 11.8 Å². The number of nitrogens with zero attached hydrogens (tertiary/aromatic N) is 4. The Hall–Kier alpha value is -2.62. The summed E-state index contributed by atoms with van der Waals surface area (Å²) in [5.41, 5.74) is 2.21. The van der Waals surface area contributed by atoms with Crippen LogP contribution in [0.2, 0.25) is 5.02 Å². The van der Waals surface area contributed by atoms with Gasteiger partial charge in [-0.15, -0.1) is 10.2 Å². The third-order valence-electron chi connectivity index (χ3n) is 4.23. The van der Waals surface area contributed by atoms with Crippen molar-refractivity contribution in [2.45, 2.75) is 5.22 Å². The van der Waals surface area contributed by atoms with Gasteiger partial charge in [0.1, 0.15) is 0 Å². The van der Waals surface area contributed by atoms with E-state index in [4.69, 9.17) is 20.8 Å². The smallest absolute Gasteiger partial charge is 0.277 e. The number of rotatable bonds is 6. The molecule has 0 saturated carbocycles. The Morgan fingerprint density at radius 2 is 2.07 bits per heavy atom. The summed E-state index contributed by atoms with van der Waals surface area (Å²) in [6.45, 7) is 2.71. The quantitative estimate of drug-likeness (QED) is 0.594. The first-order chi connectivity index (χ1) is 14.2. The van der Waals surface area contributed by atoms with Crippen LogP contribution in [0.4, 0.5) is 11.4 Å². The molecule has 10 heteroatoms. The van der Waals surface area contributed by atoms with Gasteiger partial charge < -0.3 is 19.4 Å². The van der Waals surface area contributed by atoms with Crippen molar-refractivity contribution in [3.05, 3.63) is 47.7 Å². The molecule has 3 aromatic rings. The molecule has 0 atom stereocenters. The number of carbonyl (C=O) groups excluding carboxylic acids is 1. The Bertz CT molecular complexity index is 979. The number of carbonyl (C=O) groups is 1. The van der Waals surface area contributed by atoms with Crippen LogP contribution in [-0.4, -0.2) is 53.1 Å². The summed E-state index contributed by atoms with van der Waals surface area (Å²) < 4.78 is 11.0. The predicted octanol–water partition coefficient (Wildman–Crippen LogP) is 3.35. The van der Waals surface area contributed by atoms with Gasteiger partial charge in [-0.05, 0) is 24.3 Å². The lowest BCUT2D eigenvalue weighted by atomic mass is 10.2. The topological polar surface area (TPSA) is 93.4 Å². The van der Waals surface area contributed by atoms with Crippen LogP contribution in [0.1, 0.15) is 0 Å². The van der Waals surface area contributed by atoms with E-state index in [1.54, 1.807) is 18.5 Å².